The fourth-order valence-corrected chi connectivity index (χ4v) is 4.10. The third-order valence-electron chi connectivity index (χ3n) is 4.09. The maximum atomic E-state index is 13.1. The van der Waals surface area contributed by atoms with Gasteiger partial charge in [0.15, 0.2) is 0 Å². The van der Waals surface area contributed by atoms with Crippen molar-refractivity contribution in [1.29, 1.82) is 0 Å². The maximum absolute atomic E-state index is 13.1. The van der Waals surface area contributed by atoms with E-state index in [9.17, 15) is 14.1 Å². The van der Waals surface area contributed by atoms with Crippen LogP contribution < -0.4 is 5.32 Å². The van der Waals surface area contributed by atoms with Gasteiger partial charge < -0.3 is 5.32 Å². The average molecular weight is 332 g/mol. The van der Waals surface area contributed by atoms with Crippen LogP contribution in [0.5, 0.6) is 0 Å². The van der Waals surface area contributed by atoms with Gasteiger partial charge in [-0.1, -0.05) is 17.3 Å². The molecular weight excluding hydrogens is 315 g/mol. The van der Waals surface area contributed by atoms with E-state index in [-0.39, 0.29) is 17.8 Å². The highest BCUT2D eigenvalue weighted by Crippen LogP contribution is 2.38. The van der Waals surface area contributed by atoms with Gasteiger partial charge in [-0.3, -0.25) is 4.79 Å². The number of hydrogen-bond acceptors (Lipinski definition) is 4. The molecule has 6 heteroatoms. The van der Waals surface area contributed by atoms with Gasteiger partial charge >= 0.3 is 0 Å². The monoisotopic (exact) mass is 332 g/mol. The molecule has 0 saturated carbocycles. The van der Waals surface area contributed by atoms with E-state index in [4.69, 9.17) is 0 Å². The molecule has 1 amide bonds. The molecule has 1 aromatic carbocycles. The van der Waals surface area contributed by atoms with Gasteiger partial charge in [-0.2, -0.15) is 4.91 Å². The summed E-state index contributed by atoms with van der Waals surface area (Å²) in [5.41, 5.74) is 2.47. The van der Waals surface area contributed by atoms with E-state index in [1.807, 2.05) is 11.4 Å². The molecule has 0 aliphatic heterocycles. The number of benzene rings is 1. The van der Waals surface area contributed by atoms with Gasteiger partial charge in [0.2, 0.25) is 0 Å². The summed E-state index contributed by atoms with van der Waals surface area (Å²) in [6.45, 7) is 0.447. The van der Waals surface area contributed by atoms with Crippen LogP contribution in [0.3, 0.4) is 0 Å². The molecule has 1 aromatic heterocycles. The summed E-state index contributed by atoms with van der Waals surface area (Å²) in [6.07, 6.45) is 3.03. The van der Waals surface area contributed by atoms with Crippen molar-refractivity contribution in [3.8, 4) is 0 Å². The molecule has 4 nitrogen and oxygen atoms in total. The predicted molar refractivity (Wildman–Crippen MR) is 88.2 cm³/mol. The van der Waals surface area contributed by atoms with Gasteiger partial charge in [0.05, 0.1) is 5.56 Å². The summed E-state index contributed by atoms with van der Waals surface area (Å²) in [7, 11) is 0. The van der Waals surface area contributed by atoms with Crippen molar-refractivity contribution in [1.82, 2.24) is 5.32 Å². The Hall–Kier alpha value is -2.08. The Balaban J connectivity index is 1.63. The minimum atomic E-state index is -0.308. The van der Waals surface area contributed by atoms with Gasteiger partial charge in [-0.15, -0.1) is 11.3 Å². The van der Waals surface area contributed by atoms with Gasteiger partial charge in [-0.05, 0) is 48.9 Å². The number of nitrogens with zero attached hydrogens (tertiary/aromatic N) is 1. The molecule has 1 unspecified atom stereocenters. The predicted octanol–water partition coefficient (Wildman–Crippen LogP) is 4.00. The first-order valence-electron chi connectivity index (χ1n) is 7.64. The van der Waals surface area contributed by atoms with Crippen LogP contribution in [0.4, 0.5) is 4.39 Å². The van der Waals surface area contributed by atoms with E-state index in [1.165, 1.54) is 23.5 Å². The van der Waals surface area contributed by atoms with Crippen LogP contribution in [0.2, 0.25) is 0 Å². The van der Waals surface area contributed by atoms with Gasteiger partial charge in [0.1, 0.15) is 11.9 Å². The van der Waals surface area contributed by atoms with Gasteiger partial charge in [-0.25, -0.2) is 4.39 Å². The third-order valence-corrected chi connectivity index (χ3v) is 5.22. The average Bonchev–Trinajstić information content (AvgIpc) is 2.99. The van der Waals surface area contributed by atoms with Crippen molar-refractivity contribution in [2.75, 3.05) is 6.54 Å². The lowest BCUT2D eigenvalue weighted by atomic mass is 9.92. The molecule has 0 fully saturated rings. The Kier molecular flexibility index (Phi) is 4.81. The molecular formula is C17H17FN2O2S. The standard InChI is InChI=1S/C17H17FN2O2S/c18-12-4-1-3-11(9-12)7-8-19-17(21)14-10-23-16-13(14)5-2-6-15(16)20-22/h1,3-4,9-10,15H,2,5-8H2,(H,19,21). The molecule has 0 bridgehead atoms. The molecule has 0 radical (unpaired) electrons. The highest BCUT2D eigenvalue weighted by atomic mass is 32.1. The molecule has 1 heterocycles. The number of amides is 1. The number of rotatable bonds is 5. The van der Waals surface area contributed by atoms with E-state index in [0.717, 1.165) is 35.3 Å². The second-order valence-corrected chi connectivity index (χ2v) is 6.55. The molecule has 1 aliphatic rings. The van der Waals surface area contributed by atoms with Gasteiger partial charge in [0.25, 0.3) is 5.91 Å². The molecule has 3 rings (SSSR count). The molecule has 2 aromatic rings. The Labute approximate surface area is 137 Å². The molecule has 120 valence electrons. The fraction of sp³-hybridized carbons (Fsp3) is 0.353. The second-order valence-electron chi connectivity index (χ2n) is 5.64. The maximum Gasteiger partial charge on any atom is 0.252 e. The summed E-state index contributed by atoms with van der Waals surface area (Å²) in [5.74, 6) is -0.404. The van der Waals surface area contributed by atoms with Crippen molar-refractivity contribution in [3.63, 3.8) is 0 Å². The largest absolute Gasteiger partial charge is 0.352 e. The van der Waals surface area contributed by atoms with Crippen LogP contribution >= 0.6 is 11.3 Å². The zero-order chi connectivity index (χ0) is 16.2. The van der Waals surface area contributed by atoms with Crippen LogP contribution in [-0.4, -0.2) is 12.5 Å². The summed E-state index contributed by atoms with van der Waals surface area (Å²) >= 11 is 1.44. The highest BCUT2D eigenvalue weighted by Gasteiger charge is 2.27. The van der Waals surface area contributed by atoms with Gasteiger partial charge in [0, 0.05) is 16.8 Å². The molecule has 1 aliphatic carbocycles. The Morgan fingerprint density at radius 3 is 3.09 bits per heavy atom. The van der Waals surface area contributed by atoms with E-state index in [2.05, 4.69) is 10.5 Å². The summed E-state index contributed by atoms with van der Waals surface area (Å²) in [6, 6.07) is 6.06. The van der Waals surface area contributed by atoms with Crippen LogP contribution in [0.25, 0.3) is 0 Å². The first-order chi connectivity index (χ1) is 11.2. The van der Waals surface area contributed by atoms with Crippen molar-refractivity contribution < 1.29 is 9.18 Å². The smallest absolute Gasteiger partial charge is 0.252 e. The number of fused-ring (bicyclic) bond motifs is 1. The summed E-state index contributed by atoms with van der Waals surface area (Å²) < 4.78 is 13.1. The van der Waals surface area contributed by atoms with Crippen LogP contribution in [0.1, 0.15) is 45.2 Å². The lowest BCUT2D eigenvalue weighted by Crippen LogP contribution is -2.26. The summed E-state index contributed by atoms with van der Waals surface area (Å²) in [4.78, 5) is 24.2. The third kappa shape index (κ3) is 3.47. The Bertz CT molecular complexity index is 729. The number of carbonyl (C=O) groups is 1. The fourth-order valence-electron chi connectivity index (χ4n) is 2.94. The van der Waals surface area contributed by atoms with Crippen molar-refractivity contribution >= 4 is 17.2 Å². The number of hydrogen-bond donors (Lipinski definition) is 1. The zero-order valence-corrected chi connectivity index (χ0v) is 13.4. The normalized spacial score (nSPS) is 16.7. The van der Waals surface area contributed by atoms with Crippen LogP contribution in [0.15, 0.2) is 34.8 Å². The van der Waals surface area contributed by atoms with Crippen LogP contribution in [0, 0.1) is 10.7 Å². The Morgan fingerprint density at radius 1 is 1.43 bits per heavy atom. The highest BCUT2D eigenvalue weighted by molar-refractivity contribution is 7.10. The minimum absolute atomic E-state index is 0.134. The first-order valence-corrected chi connectivity index (χ1v) is 8.52. The molecule has 1 atom stereocenters. The number of thiophene rings is 1. The SMILES string of the molecule is O=NC1CCCc2c(C(=O)NCCc3cccc(F)c3)csc21. The zero-order valence-electron chi connectivity index (χ0n) is 12.5. The second kappa shape index (κ2) is 7.00. The number of halogens is 1. The number of nitroso groups, excluding NO2 is 1. The minimum Gasteiger partial charge on any atom is -0.352 e. The topological polar surface area (TPSA) is 58.5 Å². The van der Waals surface area contributed by atoms with E-state index >= 15 is 0 Å². The van der Waals surface area contributed by atoms with Crippen molar-refractivity contribution in [2.45, 2.75) is 31.7 Å². The lowest BCUT2D eigenvalue weighted by Gasteiger charge is -2.17. The summed E-state index contributed by atoms with van der Waals surface area (Å²) in [5, 5.41) is 7.85. The van der Waals surface area contributed by atoms with Crippen LogP contribution in [-0.2, 0) is 12.8 Å². The van der Waals surface area contributed by atoms with Crippen molar-refractivity contribution in [3.05, 3.63) is 61.9 Å². The molecule has 0 saturated heterocycles. The molecule has 0 spiro atoms. The molecule has 1 N–H and O–H groups in total. The number of nitrogens with one attached hydrogen (secondary N) is 1. The van der Waals surface area contributed by atoms with E-state index in [1.54, 1.807) is 6.07 Å². The quantitative estimate of drug-likeness (QED) is 0.841. The van der Waals surface area contributed by atoms with E-state index in [0.29, 0.717) is 18.5 Å². The lowest BCUT2D eigenvalue weighted by molar-refractivity contribution is 0.0953. The Morgan fingerprint density at radius 2 is 2.30 bits per heavy atom. The van der Waals surface area contributed by atoms with Crippen molar-refractivity contribution in [2.24, 2.45) is 5.18 Å². The van der Waals surface area contributed by atoms with E-state index < -0.39 is 0 Å². The molecule has 23 heavy (non-hydrogen) atoms. The number of carbonyl (C=O) groups excluding carboxylic acids is 1. The first kappa shape index (κ1) is 15.8.